The highest BCUT2D eigenvalue weighted by molar-refractivity contribution is 6.31. The van der Waals surface area contributed by atoms with Crippen LogP contribution < -0.4 is 15.1 Å². The van der Waals surface area contributed by atoms with Crippen molar-refractivity contribution in [2.24, 2.45) is 7.05 Å². The highest BCUT2D eigenvalue weighted by atomic mass is 35.5. The van der Waals surface area contributed by atoms with Gasteiger partial charge in [-0.2, -0.15) is 0 Å². The molecule has 1 aliphatic heterocycles. The maximum atomic E-state index is 14.8. The average molecular weight is 617 g/mol. The van der Waals surface area contributed by atoms with Crippen molar-refractivity contribution in [2.75, 3.05) is 9.80 Å². The van der Waals surface area contributed by atoms with E-state index in [0.717, 1.165) is 10.9 Å². The lowest BCUT2D eigenvalue weighted by Crippen LogP contribution is -2.56. The summed E-state index contributed by atoms with van der Waals surface area (Å²) in [5.74, 6) is -4.34. The Morgan fingerprint density at radius 3 is 2.66 bits per heavy atom. The molecule has 4 aromatic rings. The first kappa shape index (κ1) is 29.3. The molecule has 2 aliphatic rings. The Balaban J connectivity index is 1.48. The number of aryl methyl sites for hydroxylation is 1. The summed E-state index contributed by atoms with van der Waals surface area (Å²) in [6, 6.07) is 13.4. The molecular weight excluding hydrogens is 590 g/mol. The normalized spacial score (nSPS) is 18.5. The van der Waals surface area contributed by atoms with Gasteiger partial charge in [0.15, 0.2) is 5.69 Å². The summed E-state index contributed by atoms with van der Waals surface area (Å²) in [4.78, 5) is 52.3. The fourth-order valence-electron chi connectivity index (χ4n) is 5.93. The minimum atomic E-state index is -2.87. The van der Waals surface area contributed by atoms with Crippen molar-refractivity contribution in [3.8, 4) is 0 Å². The molecule has 0 spiro atoms. The second-order valence-corrected chi connectivity index (χ2v) is 11.5. The summed E-state index contributed by atoms with van der Waals surface area (Å²) >= 11 is 6.62. The first-order valence-electron chi connectivity index (χ1n) is 14.0. The Morgan fingerprint density at radius 2 is 1.93 bits per heavy atom. The number of alkyl halides is 2. The van der Waals surface area contributed by atoms with Crippen molar-refractivity contribution in [3.63, 3.8) is 0 Å². The van der Waals surface area contributed by atoms with Crippen LogP contribution in [0.15, 0.2) is 73.1 Å². The number of halogens is 3. The lowest BCUT2D eigenvalue weighted by Gasteiger charge is -2.39. The molecule has 1 N–H and O–H groups in total. The zero-order valence-electron chi connectivity index (χ0n) is 23.6. The third-order valence-corrected chi connectivity index (χ3v) is 8.47. The van der Waals surface area contributed by atoms with Gasteiger partial charge in [0.1, 0.15) is 17.9 Å². The van der Waals surface area contributed by atoms with Crippen LogP contribution in [0.3, 0.4) is 0 Å². The van der Waals surface area contributed by atoms with Crippen LogP contribution in [0.2, 0.25) is 5.02 Å². The van der Waals surface area contributed by atoms with Gasteiger partial charge in [0.2, 0.25) is 11.8 Å². The van der Waals surface area contributed by atoms with Crippen molar-refractivity contribution < 1.29 is 23.2 Å². The van der Waals surface area contributed by atoms with E-state index in [4.69, 9.17) is 18.2 Å². The molecule has 0 bridgehead atoms. The molecular formula is C32H27ClF2N6O3. The Bertz CT molecular complexity index is 1830. The maximum Gasteiger partial charge on any atom is 0.252 e. The van der Waals surface area contributed by atoms with Crippen LogP contribution in [0.4, 0.5) is 26.0 Å². The third kappa shape index (κ3) is 5.37. The van der Waals surface area contributed by atoms with Gasteiger partial charge in [0.25, 0.3) is 11.8 Å². The Kier molecular flexibility index (Phi) is 7.55. The molecule has 2 aromatic heterocycles. The van der Waals surface area contributed by atoms with E-state index < -0.39 is 48.7 Å². The quantitative estimate of drug-likeness (QED) is 0.259. The Hall–Kier alpha value is -4.82. The lowest BCUT2D eigenvalue weighted by molar-refractivity contribution is -0.133. The number of nitrogens with zero attached hydrogens (tertiary/aromatic N) is 5. The topological polar surface area (TPSA) is 91.9 Å². The summed E-state index contributed by atoms with van der Waals surface area (Å²) < 4.78 is 29.4. The molecule has 0 unspecified atom stereocenters. The minimum absolute atomic E-state index is 0.0476. The van der Waals surface area contributed by atoms with Gasteiger partial charge >= 0.3 is 0 Å². The predicted octanol–water partition coefficient (Wildman–Crippen LogP) is 5.96. The number of amides is 3. The molecule has 44 heavy (non-hydrogen) atoms. The molecule has 1 saturated heterocycles. The molecule has 1 aliphatic carbocycles. The van der Waals surface area contributed by atoms with E-state index in [0.29, 0.717) is 11.3 Å². The summed E-state index contributed by atoms with van der Waals surface area (Å²) in [5.41, 5.74) is 1.78. The molecule has 3 heterocycles. The number of aromatic nitrogens is 2. The van der Waals surface area contributed by atoms with Gasteiger partial charge in [-0.3, -0.25) is 24.2 Å². The standard InChI is InChI=1S/C32H27ClF2N6O3/c1-36-20-11-13-37-27(16-20)41-26(9-10-28(41)42)31(44)40(22-7-8-25-19(15-22)12-14-39(25)2)29(23-5-3-4-6-24(23)33)30(43)38-21-17-32(34,35)18-21/h3-8,11-16,21,26,29H,9-10,17-18H2,2H3,(H,38,43)/t26-,29-/m0/s1. The molecule has 9 nitrogen and oxygen atoms in total. The third-order valence-electron chi connectivity index (χ3n) is 8.13. The van der Waals surface area contributed by atoms with Crippen LogP contribution in [0.25, 0.3) is 15.7 Å². The van der Waals surface area contributed by atoms with Crippen LogP contribution in [-0.2, 0) is 21.4 Å². The molecule has 6 rings (SSSR count). The number of anilines is 2. The van der Waals surface area contributed by atoms with E-state index in [2.05, 4.69) is 15.1 Å². The number of rotatable bonds is 7. The van der Waals surface area contributed by atoms with Gasteiger partial charge in [-0.15, -0.1) is 0 Å². The molecule has 0 radical (unpaired) electrons. The van der Waals surface area contributed by atoms with E-state index >= 15 is 0 Å². The molecule has 1 saturated carbocycles. The minimum Gasteiger partial charge on any atom is -0.351 e. The number of nitrogens with one attached hydrogen (secondary N) is 1. The molecule has 224 valence electrons. The SMILES string of the molecule is [C-]#[N+]c1ccnc(N2C(=O)CC[C@H]2C(=O)N(c2ccc3c(ccn3C)c2)[C@H](C(=O)NC2CC(F)(F)C2)c2ccccc2Cl)c1. The van der Waals surface area contributed by atoms with Gasteiger partial charge in [-0.1, -0.05) is 29.8 Å². The summed E-state index contributed by atoms with van der Waals surface area (Å²) in [6.07, 6.45) is 2.43. The molecule has 3 amide bonds. The first-order valence-corrected chi connectivity index (χ1v) is 14.4. The van der Waals surface area contributed by atoms with Crippen molar-refractivity contribution in [3.05, 3.63) is 95.1 Å². The van der Waals surface area contributed by atoms with E-state index in [9.17, 15) is 23.2 Å². The first-order chi connectivity index (χ1) is 21.1. The Labute approximate surface area is 256 Å². The predicted molar refractivity (Wildman–Crippen MR) is 162 cm³/mol. The highest BCUT2D eigenvalue weighted by Crippen LogP contribution is 2.40. The molecule has 2 atom stereocenters. The van der Waals surface area contributed by atoms with Crippen LogP contribution >= 0.6 is 11.6 Å². The second kappa shape index (κ2) is 11.4. The zero-order valence-corrected chi connectivity index (χ0v) is 24.3. The zero-order chi connectivity index (χ0) is 31.2. The summed E-state index contributed by atoms with van der Waals surface area (Å²) in [5, 5.41) is 3.70. The molecule has 12 heteroatoms. The van der Waals surface area contributed by atoms with Crippen LogP contribution in [0.1, 0.15) is 37.3 Å². The van der Waals surface area contributed by atoms with Gasteiger partial charge in [0, 0.05) is 71.9 Å². The van der Waals surface area contributed by atoms with Crippen molar-refractivity contribution in [2.45, 2.75) is 49.7 Å². The average Bonchev–Trinajstić information content (AvgIpc) is 3.56. The number of carbonyl (C=O) groups excluding carboxylic acids is 3. The fraction of sp³-hybridized carbons (Fsp3) is 0.281. The fourth-order valence-corrected chi connectivity index (χ4v) is 6.17. The van der Waals surface area contributed by atoms with Gasteiger partial charge in [0.05, 0.1) is 6.57 Å². The van der Waals surface area contributed by atoms with Gasteiger partial charge in [-0.25, -0.2) is 18.6 Å². The van der Waals surface area contributed by atoms with Gasteiger partial charge < -0.3 is 9.88 Å². The van der Waals surface area contributed by atoms with E-state index in [1.165, 1.54) is 28.1 Å². The smallest absolute Gasteiger partial charge is 0.252 e. The molecule has 2 aromatic carbocycles. The Morgan fingerprint density at radius 1 is 1.16 bits per heavy atom. The number of carbonyl (C=O) groups is 3. The monoisotopic (exact) mass is 616 g/mol. The molecule has 2 fully saturated rings. The number of pyridine rings is 1. The van der Waals surface area contributed by atoms with E-state index in [-0.39, 0.29) is 35.3 Å². The maximum absolute atomic E-state index is 14.8. The van der Waals surface area contributed by atoms with Crippen molar-refractivity contribution in [1.29, 1.82) is 0 Å². The summed E-state index contributed by atoms with van der Waals surface area (Å²) in [6.45, 7) is 7.38. The number of fused-ring (bicyclic) bond motifs is 1. The lowest BCUT2D eigenvalue weighted by atomic mass is 9.87. The summed E-state index contributed by atoms with van der Waals surface area (Å²) in [7, 11) is 1.88. The number of hydrogen-bond acceptors (Lipinski definition) is 4. The number of hydrogen-bond donors (Lipinski definition) is 1. The van der Waals surface area contributed by atoms with Crippen LogP contribution in [-0.4, -0.2) is 45.3 Å². The van der Waals surface area contributed by atoms with Crippen LogP contribution in [0, 0.1) is 6.57 Å². The van der Waals surface area contributed by atoms with E-state index in [1.807, 2.05) is 29.9 Å². The van der Waals surface area contributed by atoms with Crippen LogP contribution in [0.5, 0.6) is 0 Å². The van der Waals surface area contributed by atoms with Crippen molar-refractivity contribution >= 4 is 57.4 Å². The van der Waals surface area contributed by atoms with Crippen molar-refractivity contribution in [1.82, 2.24) is 14.9 Å². The number of benzene rings is 2. The largest absolute Gasteiger partial charge is 0.351 e. The highest BCUT2D eigenvalue weighted by Gasteiger charge is 2.48. The van der Waals surface area contributed by atoms with E-state index in [1.54, 1.807) is 36.4 Å². The van der Waals surface area contributed by atoms with Gasteiger partial charge in [-0.05, 0) is 48.9 Å². The second-order valence-electron chi connectivity index (χ2n) is 11.1.